The van der Waals surface area contributed by atoms with Gasteiger partial charge in [0.05, 0.1) is 6.04 Å². The third kappa shape index (κ3) is 6.06. The second-order valence-electron chi connectivity index (χ2n) is 9.01. The van der Waals surface area contributed by atoms with E-state index in [0.29, 0.717) is 18.8 Å². The number of benzene rings is 2. The lowest BCUT2D eigenvalue weighted by Crippen LogP contribution is -2.48. The first-order valence-corrected chi connectivity index (χ1v) is 12.5. The Balaban J connectivity index is 1.53. The summed E-state index contributed by atoms with van der Waals surface area (Å²) in [5, 5.41) is 2.00. The molecule has 5 nitrogen and oxygen atoms in total. The molecule has 35 heavy (non-hydrogen) atoms. The largest absolute Gasteiger partial charge is 0.491 e. The zero-order valence-electron chi connectivity index (χ0n) is 19.7. The average molecular weight is 499 g/mol. The van der Waals surface area contributed by atoms with E-state index in [1.165, 1.54) is 40.1 Å². The van der Waals surface area contributed by atoms with Crippen LogP contribution >= 0.6 is 11.3 Å². The molecule has 2 heterocycles. The average Bonchev–Trinajstić information content (AvgIpc) is 3.31. The molecular formula is C27H28F2N2O3S. The van der Waals surface area contributed by atoms with E-state index in [2.05, 4.69) is 0 Å². The number of carbonyl (C=O) groups excluding carboxylic acids is 2. The fraction of sp³-hybridized carbons (Fsp3) is 0.333. The zero-order valence-corrected chi connectivity index (χ0v) is 20.6. The maximum Gasteiger partial charge on any atom is 0.254 e. The molecule has 0 unspecified atom stereocenters. The summed E-state index contributed by atoms with van der Waals surface area (Å²) in [7, 11) is 0. The highest BCUT2D eigenvalue weighted by molar-refractivity contribution is 7.10. The predicted octanol–water partition coefficient (Wildman–Crippen LogP) is 5.33. The summed E-state index contributed by atoms with van der Waals surface area (Å²) in [4.78, 5) is 31.2. The Morgan fingerprint density at radius 3 is 2.60 bits per heavy atom. The van der Waals surface area contributed by atoms with E-state index in [9.17, 15) is 18.4 Å². The Morgan fingerprint density at radius 2 is 1.89 bits per heavy atom. The van der Waals surface area contributed by atoms with Gasteiger partial charge in [-0.2, -0.15) is 0 Å². The van der Waals surface area contributed by atoms with Crippen LogP contribution in [0.4, 0.5) is 8.78 Å². The van der Waals surface area contributed by atoms with E-state index in [1.807, 2.05) is 25.3 Å². The minimum Gasteiger partial charge on any atom is -0.491 e. The van der Waals surface area contributed by atoms with Crippen molar-refractivity contribution in [3.8, 4) is 5.75 Å². The minimum absolute atomic E-state index is 0.111. The van der Waals surface area contributed by atoms with Crippen molar-refractivity contribution in [2.75, 3.05) is 26.2 Å². The van der Waals surface area contributed by atoms with E-state index in [4.69, 9.17) is 4.74 Å². The van der Waals surface area contributed by atoms with Crippen LogP contribution in [-0.2, 0) is 11.2 Å². The summed E-state index contributed by atoms with van der Waals surface area (Å²) in [5.41, 5.74) is 1.25. The molecule has 184 valence electrons. The van der Waals surface area contributed by atoms with Crippen LogP contribution in [0.25, 0.3) is 0 Å². The van der Waals surface area contributed by atoms with E-state index >= 15 is 0 Å². The van der Waals surface area contributed by atoms with Gasteiger partial charge in [-0.25, -0.2) is 8.78 Å². The molecule has 8 heteroatoms. The number of fused-ring (bicyclic) bond motifs is 1. The molecule has 0 radical (unpaired) electrons. The molecular weight excluding hydrogens is 470 g/mol. The lowest BCUT2D eigenvalue weighted by molar-refractivity contribution is -0.135. The number of halogens is 2. The number of amides is 2. The van der Waals surface area contributed by atoms with E-state index < -0.39 is 5.82 Å². The maximum absolute atomic E-state index is 13.7. The van der Waals surface area contributed by atoms with Gasteiger partial charge in [0.25, 0.3) is 5.91 Å². The van der Waals surface area contributed by atoms with Gasteiger partial charge in [0, 0.05) is 23.5 Å². The van der Waals surface area contributed by atoms with Gasteiger partial charge in [-0.05, 0) is 71.8 Å². The summed E-state index contributed by atoms with van der Waals surface area (Å²) in [6.45, 7) is 4.91. The van der Waals surface area contributed by atoms with Gasteiger partial charge in [0.15, 0.2) is 0 Å². The van der Waals surface area contributed by atoms with Crippen LogP contribution in [0.1, 0.15) is 40.7 Å². The summed E-state index contributed by atoms with van der Waals surface area (Å²) in [6, 6.07) is 13.0. The van der Waals surface area contributed by atoms with Crippen LogP contribution < -0.4 is 4.74 Å². The van der Waals surface area contributed by atoms with Crippen molar-refractivity contribution in [3.05, 3.63) is 87.6 Å². The fourth-order valence-electron chi connectivity index (χ4n) is 4.30. The Labute approximate surface area is 207 Å². The van der Waals surface area contributed by atoms with Gasteiger partial charge in [-0.15, -0.1) is 11.3 Å². The molecule has 3 aromatic rings. The van der Waals surface area contributed by atoms with Crippen molar-refractivity contribution in [2.45, 2.75) is 26.3 Å². The van der Waals surface area contributed by atoms with Crippen molar-refractivity contribution in [1.82, 2.24) is 9.80 Å². The van der Waals surface area contributed by atoms with Gasteiger partial charge >= 0.3 is 0 Å². The fourth-order valence-corrected chi connectivity index (χ4v) is 5.23. The zero-order chi connectivity index (χ0) is 24.9. The molecule has 0 fully saturated rings. The molecule has 1 aliphatic rings. The van der Waals surface area contributed by atoms with Gasteiger partial charge < -0.3 is 14.5 Å². The van der Waals surface area contributed by atoms with Gasteiger partial charge in [0.2, 0.25) is 5.91 Å². The van der Waals surface area contributed by atoms with Crippen LogP contribution in [0.5, 0.6) is 5.75 Å². The molecule has 0 spiro atoms. The van der Waals surface area contributed by atoms with Gasteiger partial charge in [-0.1, -0.05) is 19.9 Å². The van der Waals surface area contributed by atoms with Crippen molar-refractivity contribution in [1.29, 1.82) is 0 Å². The van der Waals surface area contributed by atoms with Crippen molar-refractivity contribution >= 4 is 23.2 Å². The molecule has 1 aromatic heterocycles. The summed E-state index contributed by atoms with van der Waals surface area (Å²) < 4.78 is 32.9. The predicted molar refractivity (Wildman–Crippen MR) is 132 cm³/mol. The first-order valence-electron chi connectivity index (χ1n) is 11.6. The molecule has 4 rings (SSSR count). The van der Waals surface area contributed by atoms with Crippen molar-refractivity contribution < 1.29 is 23.1 Å². The molecule has 2 amide bonds. The third-order valence-electron chi connectivity index (χ3n) is 5.91. The molecule has 0 saturated heterocycles. The van der Waals surface area contributed by atoms with Crippen molar-refractivity contribution in [2.24, 2.45) is 5.92 Å². The van der Waals surface area contributed by atoms with Gasteiger partial charge in [-0.3, -0.25) is 9.59 Å². The molecule has 2 aromatic carbocycles. The van der Waals surface area contributed by atoms with Crippen LogP contribution in [0.2, 0.25) is 0 Å². The highest BCUT2D eigenvalue weighted by atomic mass is 32.1. The standard InChI is InChI=1S/C27H28F2N2O3S/c1-18(2)15-30(27(33)19-4-3-5-21(29)14-19)16-26(32)31-12-10-25-23(11-13-35-25)24(31)17-34-22-8-6-20(28)7-9-22/h3-9,11,13-14,18,24H,10,12,15-17H2,1-2H3/t24-/m0/s1. The number of nitrogens with zero attached hydrogens (tertiary/aromatic N) is 2. The lowest BCUT2D eigenvalue weighted by Gasteiger charge is -2.37. The molecule has 0 aliphatic carbocycles. The molecule has 1 aliphatic heterocycles. The second-order valence-corrected chi connectivity index (χ2v) is 10.0. The minimum atomic E-state index is -0.495. The molecule has 0 bridgehead atoms. The summed E-state index contributed by atoms with van der Waals surface area (Å²) in [6.07, 6.45) is 0.730. The number of ether oxygens (including phenoxy) is 1. The SMILES string of the molecule is CC(C)CN(CC(=O)N1CCc2sccc2[C@@H]1COc1ccc(F)cc1)C(=O)c1cccc(F)c1. The number of hydrogen-bond acceptors (Lipinski definition) is 4. The number of hydrogen-bond donors (Lipinski definition) is 0. The summed E-state index contributed by atoms with van der Waals surface area (Å²) >= 11 is 1.65. The van der Waals surface area contributed by atoms with Crippen molar-refractivity contribution in [3.63, 3.8) is 0 Å². The third-order valence-corrected chi connectivity index (χ3v) is 6.90. The Bertz CT molecular complexity index is 1180. The van der Waals surface area contributed by atoms with Crippen LogP contribution in [0.3, 0.4) is 0 Å². The highest BCUT2D eigenvalue weighted by Crippen LogP contribution is 2.34. The highest BCUT2D eigenvalue weighted by Gasteiger charge is 2.33. The van der Waals surface area contributed by atoms with E-state index in [1.54, 1.807) is 34.4 Å². The molecule has 0 saturated carbocycles. The van der Waals surface area contributed by atoms with E-state index in [-0.39, 0.29) is 48.3 Å². The van der Waals surface area contributed by atoms with Gasteiger partial charge in [0.1, 0.15) is 30.5 Å². The first-order chi connectivity index (χ1) is 16.8. The monoisotopic (exact) mass is 498 g/mol. The normalized spacial score (nSPS) is 15.1. The quantitative estimate of drug-likeness (QED) is 0.422. The number of thiophene rings is 1. The Kier molecular flexibility index (Phi) is 7.80. The molecule has 0 N–H and O–H groups in total. The number of carbonyl (C=O) groups is 2. The first kappa shape index (κ1) is 24.9. The topological polar surface area (TPSA) is 49.9 Å². The number of rotatable bonds is 8. The molecule has 1 atom stereocenters. The Morgan fingerprint density at radius 1 is 1.11 bits per heavy atom. The maximum atomic E-state index is 13.7. The lowest BCUT2D eigenvalue weighted by atomic mass is 10.00. The Hall–Kier alpha value is -3.26. The van der Waals surface area contributed by atoms with Crippen LogP contribution in [-0.4, -0.2) is 47.9 Å². The summed E-state index contributed by atoms with van der Waals surface area (Å²) in [5.74, 6) is -0.767. The van der Waals surface area contributed by atoms with E-state index in [0.717, 1.165) is 12.0 Å². The smallest absolute Gasteiger partial charge is 0.254 e. The second kappa shape index (κ2) is 11.0. The van der Waals surface area contributed by atoms with Crippen LogP contribution in [0.15, 0.2) is 60.0 Å². The van der Waals surface area contributed by atoms with Crippen LogP contribution in [0, 0.1) is 17.6 Å².